The second-order valence-corrected chi connectivity index (χ2v) is 6.55. The smallest absolute Gasteiger partial charge is 0.396 e. The molecule has 0 atom stereocenters. The number of hydrogen-bond acceptors (Lipinski definition) is 1. The molecule has 0 unspecified atom stereocenters. The van der Waals surface area contributed by atoms with Crippen LogP contribution in [-0.4, -0.2) is 39.1 Å². The maximum absolute atomic E-state index is 14.6. The van der Waals surface area contributed by atoms with Crippen LogP contribution in [0.3, 0.4) is 0 Å². The lowest BCUT2D eigenvalue weighted by molar-refractivity contribution is -0.356. The van der Waals surface area contributed by atoms with Gasteiger partial charge in [0.2, 0.25) is 0 Å². The van der Waals surface area contributed by atoms with Crippen molar-refractivity contribution in [3.05, 3.63) is 54.1 Å². The summed E-state index contributed by atoms with van der Waals surface area (Å²) in [7, 11) is 0. The summed E-state index contributed by atoms with van der Waals surface area (Å²) in [4.78, 5) is 2.21. The Morgan fingerprint density at radius 1 is 1.22 bits per heavy atom. The number of halogens is 2. The Balaban J connectivity index is 2.09. The van der Waals surface area contributed by atoms with Crippen LogP contribution in [0.4, 0.5) is 8.63 Å². The minimum absolute atomic E-state index is 0.347. The van der Waals surface area contributed by atoms with Gasteiger partial charge in [-0.3, -0.25) is 0 Å². The van der Waals surface area contributed by atoms with E-state index in [0.29, 0.717) is 23.5 Å². The summed E-state index contributed by atoms with van der Waals surface area (Å²) in [6.45, 7) is 4.68. The van der Waals surface area contributed by atoms with Gasteiger partial charge in [-0.05, 0) is 52.1 Å². The molecule has 0 aliphatic carbocycles. The molecule has 3 heterocycles. The van der Waals surface area contributed by atoms with Gasteiger partial charge in [-0.15, -0.1) is 0 Å². The molecule has 0 radical (unpaired) electrons. The second-order valence-electron chi connectivity index (χ2n) is 6.55. The van der Waals surface area contributed by atoms with E-state index in [0.717, 1.165) is 14.5 Å². The molecule has 23 heavy (non-hydrogen) atoms. The molecule has 1 aromatic rings. The first-order chi connectivity index (χ1) is 10.8. The molecule has 3 rings (SSSR count). The van der Waals surface area contributed by atoms with Crippen molar-refractivity contribution in [1.82, 2.24) is 9.38 Å². The summed E-state index contributed by atoms with van der Waals surface area (Å²) in [6.07, 6.45) is 10.3. The lowest BCUT2D eigenvalue weighted by Crippen LogP contribution is -2.49. The number of nitrogens with zero attached hydrogens (tertiary/aromatic N) is 3. The van der Waals surface area contributed by atoms with Gasteiger partial charge < -0.3 is 22.5 Å². The molecule has 0 fully saturated rings. The Labute approximate surface area is 136 Å². The average Bonchev–Trinajstić information content (AvgIpc) is 3.11. The van der Waals surface area contributed by atoms with Crippen molar-refractivity contribution in [3.63, 3.8) is 0 Å². The molecule has 122 valence electrons. The van der Waals surface area contributed by atoms with Crippen LogP contribution in [0.2, 0.25) is 0 Å². The van der Waals surface area contributed by atoms with Crippen LogP contribution in [0.15, 0.2) is 48.5 Å². The Hall–Kier alpha value is -2.11. The Morgan fingerprint density at radius 3 is 2.57 bits per heavy atom. The van der Waals surface area contributed by atoms with Gasteiger partial charge in [0.15, 0.2) is 5.70 Å². The van der Waals surface area contributed by atoms with E-state index in [1.54, 1.807) is 24.3 Å². The standard InChI is InChI=1S/C17H22BF2N3/c1-13(2)21(14(3)4)12-9-15-16-7-5-10-22(16)18(19,20)23-11-6-8-17(15)23/h5-14H,1-4H3/b12-9+. The van der Waals surface area contributed by atoms with Crippen LogP contribution in [0.5, 0.6) is 0 Å². The van der Waals surface area contributed by atoms with Crippen molar-refractivity contribution >= 4 is 18.8 Å². The van der Waals surface area contributed by atoms with Gasteiger partial charge in [-0.2, -0.15) is 0 Å². The minimum atomic E-state index is -3.81. The lowest BCUT2D eigenvalue weighted by Gasteiger charge is -2.31. The van der Waals surface area contributed by atoms with Gasteiger partial charge in [-0.1, -0.05) is 0 Å². The highest BCUT2D eigenvalue weighted by Crippen LogP contribution is 2.35. The molecule has 0 saturated heterocycles. The van der Waals surface area contributed by atoms with E-state index in [1.165, 1.54) is 12.4 Å². The molecular formula is C17H22BF2N3. The van der Waals surface area contributed by atoms with Crippen LogP contribution in [0.25, 0.3) is 5.57 Å². The second kappa shape index (κ2) is 5.51. The summed E-state index contributed by atoms with van der Waals surface area (Å²) in [5.74, 6) is 0. The zero-order chi connectivity index (χ0) is 16.8. The fourth-order valence-corrected chi connectivity index (χ4v) is 3.32. The van der Waals surface area contributed by atoms with Crippen molar-refractivity contribution in [2.75, 3.05) is 0 Å². The zero-order valence-corrected chi connectivity index (χ0v) is 13.9. The van der Waals surface area contributed by atoms with E-state index < -0.39 is 6.97 Å². The maximum Gasteiger partial charge on any atom is 0.737 e. The normalized spacial score (nSPS) is 18.9. The number of allylic oxidation sites excluding steroid dienone is 4. The first kappa shape index (κ1) is 15.8. The Morgan fingerprint density at radius 2 is 1.91 bits per heavy atom. The molecule has 2 aliphatic heterocycles. The predicted molar refractivity (Wildman–Crippen MR) is 91.4 cm³/mol. The van der Waals surface area contributed by atoms with E-state index >= 15 is 0 Å². The third-order valence-corrected chi connectivity index (χ3v) is 4.39. The summed E-state index contributed by atoms with van der Waals surface area (Å²) in [6, 6.07) is 4.12. The van der Waals surface area contributed by atoms with Crippen molar-refractivity contribution in [2.45, 2.75) is 39.8 Å². The molecule has 6 heteroatoms. The number of aromatic nitrogens is 1. The van der Waals surface area contributed by atoms with E-state index in [-0.39, 0.29) is 0 Å². The van der Waals surface area contributed by atoms with Crippen molar-refractivity contribution < 1.29 is 13.1 Å². The average molecular weight is 317 g/mol. The van der Waals surface area contributed by atoms with Gasteiger partial charge in [0.05, 0.1) is 5.57 Å². The molecule has 1 aromatic heterocycles. The zero-order valence-electron chi connectivity index (χ0n) is 13.9. The molecule has 0 amide bonds. The van der Waals surface area contributed by atoms with E-state index in [1.807, 2.05) is 12.3 Å². The van der Waals surface area contributed by atoms with E-state index in [9.17, 15) is 8.63 Å². The van der Waals surface area contributed by atoms with Crippen molar-refractivity contribution in [2.24, 2.45) is 0 Å². The molecule has 0 bridgehead atoms. The quantitative estimate of drug-likeness (QED) is 0.770. The van der Waals surface area contributed by atoms with Crippen LogP contribution >= 0.6 is 0 Å². The van der Waals surface area contributed by atoms with Gasteiger partial charge in [-0.25, -0.2) is 0 Å². The number of hydrogen-bond donors (Lipinski definition) is 0. The highest BCUT2D eigenvalue weighted by atomic mass is 19.2. The molecule has 0 aromatic carbocycles. The summed E-state index contributed by atoms with van der Waals surface area (Å²) in [5, 5.41) is 0. The van der Waals surface area contributed by atoms with Crippen LogP contribution in [-0.2, 0) is 0 Å². The molecule has 0 N–H and O–H groups in total. The Bertz CT molecular complexity index is 731. The summed E-state index contributed by atoms with van der Waals surface area (Å²) in [5.41, 5.74) is 1.94. The van der Waals surface area contributed by atoms with Gasteiger partial charge in [0.25, 0.3) is 0 Å². The number of rotatable bonds is 4. The van der Waals surface area contributed by atoms with Crippen molar-refractivity contribution in [1.29, 1.82) is 0 Å². The SMILES string of the molecule is CC(C)N(/C=C/C1=C2C=CC=[N+]2[B-](F)(F)n2cccc21)C(C)C. The predicted octanol–water partition coefficient (Wildman–Crippen LogP) is 3.72. The Kier molecular flexibility index (Phi) is 3.78. The largest absolute Gasteiger partial charge is 0.737 e. The first-order valence-corrected chi connectivity index (χ1v) is 8.03. The summed E-state index contributed by atoms with van der Waals surface area (Å²) >= 11 is 0. The topological polar surface area (TPSA) is 11.2 Å². The molecule has 0 spiro atoms. The minimum Gasteiger partial charge on any atom is -0.396 e. The van der Waals surface area contributed by atoms with Crippen LogP contribution in [0, 0.1) is 0 Å². The van der Waals surface area contributed by atoms with E-state index in [4.69, 9.17) is 0 Å². The third-order valence-electron chi connectivity index (χ3n) is 4.39. The maximum atomic E-state index is 14.6. The van der Waals surface area contributed by atoms with E-state index in [2.05, 4.69) is 32.6 Å². The molecule has 3 nitrogen and oxygen atoms in total. The number of fused-ring (bicyclic) bond motifs is 2. The van der Waals surface area contributed by atoms with Crippen molar-refractivity contribution in [3.8, 4) is 0 Å². The van der Waals surface area contributed by atoms with Gasteiger partial charge >= 0.3 is 6.97 Å². The highest BCUT2D eigenvalue weighted by molar-refractivity contribution is 6.57. The van der Waals surface area contributed by atoms with Gasteiger partial charge in [0.1, 0.15) is 6.21 Å². The fourth-order valence-electron chi connectivity index (χ4n) is 3.32. The molecule has 0 saturated carbocycles. The third kappa shape index (κ3) is 2.46. The van der Waals surface area contributed by atoms with Crippen LogP contribution in [0.1, 0.15) is 33.4 Å². The molecular weight excluding hydrogens is 295 g/mol. The van der Waals surface area contributed by atoms with Crippen LogP contribution < -0.4 is 0 Å². The first-order valence-electron chi connectivity index (χ1n) is 8.03. The highest BCUT2D eigenvalue weighted by Gasteiger charge is 2.50. The monoisotopic (exact) mass is 317 g/mol. The molecule has 2 aliphatic rings. The summed E-state index contributed by atoms with van der Waals surface area (Å²) < 4.78 is 31.4. The van der Waals surface area contributed by atoms with Gasteiger partial charge in [0, 0.05) is 36.1 Å². The fraction of sp³-hybridized carbons (Fsp3) is 0.353. The lowest BCUT2D eigenvalue weighted by atomic mass is 9.89.